The summed E-state index contributed by atoms with van der Waals surface area (Å²) in [7, 11) is 0. The highest BCUT2D eigenvalue weighted by molar-refractivity contribution is 5.81. The minimum absolute atomic E-state index is 0.540. The van der Waals surface area contributed by atoms with Gasteiger partial charge in [-0.2, -0.15) is 15.1 Å². The zero-order valence-electron chi connectivity index (χ0n) is 28.3. The summed E-state index contributed by atoms with van der Waals surface area (Å²) in [6.07, 6.45) is 23.8. The van der Waals surface area contributed by atoms with E-state index in [4.69, 9.17) is 4.99 Å². The first kappa shape index (κ1) is 34.6. The van der Waals surface area contributed by atoms with Crippen molar-refractivity contribution >= 4 is 18.1 Å². The number of aliphatic imine (C=N–C) groups is 2. The van der Waals surface area contributed by atoms with Crippen molar-refractivity contribution in [2.75, 3.05) is 0 Å². The molecule has 3 aromatic carbocycles. The number of hydrogen-bond donors (Lipinski definition) is 0. The van der Waals surface area contributed by atoms with E-state index >= 15 is 0 Å². The molecule has 0 bridgehead atoms. The molecule has 0 aliphatic carbocycles. The first-order valence-corrected chi connectivity index (χ1v) is 16.4. The second kappa shape index (κ2) is 18.0. The topological polar surface area (TPSA) is 80.1 Å². The molecule has 5 aromatic rings. The Morgan fingerprint density at radius 3 is 1.86 bits per heavy atom. The number of aromatic nitrogens is 2. The summed E-state index contributed by atoms with van der Waals surface area (Å²) >= 11 is 0. The second-order valence-corrected chi connectivity index (χ2v) is 11.3. The van der Waals surface area contributed by atoms with Gasteiger partial charge in [0.15, 0.2) is 31.3 Å². The molecule has 0 saturated carbocycles. The van der Waals surface area contributed by atoms with Crippen molar-refractivity contribution in [2.45, 2.75) is 26.9 Å². The molecule has 0 saturated heterocycles. The highest BCUT2D eigenvalue weighted by Gasteiger charge is 2.13. The van der Waals surface area contributed by atoms with E-state index in [1.807, 2.05) is 116 Å². The Labute approximate surface area is 294 Å². The fourth-order valence-electron chi connectivity index (χ4n) is 5.41. The number of benzene rings is 3. The van der Waals surface area contributed by atoms with Gasteiger partial charge in [0.25, 0.3) is 0 Å². The molecule has 50 heavy (non-hydrogen) atoms. The van der Waals surface area contributed by atoms with Gasteiger partial charge in [0.2, 0.25) is 5.69 Å². The van der Waals surface area contributed by atoms with Crippen LogP contribution in [0, 0.1) is 22.7 Å². The first-order valence-electron chi connectivity index (χ1n) is 16.4. The molecule has 0 unspecified atom stereocenters. The molecule has 0 N–H and O–H groups in total. The van der Waals surface area contributed by atoms with Gasteiger partial charge in [0.1, 0.15) is 17.7 Å². The van der Waals surface area contributed by atoms with Crippen molar-refractivity contribution in [1.82, 2.24) is 0 Å². The molecule has 0 radical (unpaired) electrons. The van der Waals surface area contributed by atoms with Crippen LogP contribution < -0.4 is 9.13 Å². The van der Waals surface area contributed by atoms with Crippen LogP contribution in [-0.4, -0.2) is 12.4 Å². The largest absolute Gasteiger partial charge is 0.288 e. The third-order valence-electron chi connectivity index (χ3n) is 7.97. The quantitative estimate of drug-likeness (QED) is 0.0769. The molecule has 0 aliphatic rings. The number of rotatable bonds is 12. The Balaban J connectivity index is 1.26. The molecule has 0 atom stereocenters. The van der Waals surface area contributed by atoms with Gasteiger partial charge in [-0.25, -0.2) is 4.57 Å². The maximum Gasteiger partial charge on any atom is 0.228 e. The summed E-state index contributed by atoms with van der Waals surface area (Å²) in [5.41, 5.74) is 9.26. The number of para-hydroxylation sites is 2. The van der Waals surface area contributed by atoms with Gasteiger partial charge in [-0.15, -0.1) is 0 Å². The summed E-state index contributed by atoms with van der Waals surface area (Å²) in [4.78, 5) is 9.27. The normalized spacial score (nSPS) is 12.2. The van der Waals surface area contributed by atoms with Gasteiger partial charge in [0, 0.05) is 48.3 Å². The van der Waals surface area contributed by atoms with Crippen LogP contribution in [0.25, 0.3) is 16.8 Å². The van der Waals surface area contributed by atoms with Crippen LogP contribution >= 0.6 is 0 Å². The average Bonchev–Trinajstić information content (AvgIpc) is 3.17. The van der Waals surface area contributed by atoms with Crippen LogP contribution in [0.3, 0.4) is 0 Å². The van der Waals surface area contributed by atoms with Crippen molar-refractivity contribution in [3.63, 3.8) is 0 Å². The average molecular weight is 651 g/mol. The lowest BCUT2D eigenvalue weighted by Crippen LogP contribution is -2.33. The predicted molar refractivity (Wildman–Crippen MR) is 201 cm³/mol. The van der Waals surface area contributed by atoms with Gasteiger partial charge in [-0.05, 0) is 72.0 Å². The molecule has 242 valence electrons. The van der Waals surface area contributed by atoms with Crippen molar-refractivity contribution in [2.24, 2.45) is 9.98 Å². The van der Waals surface area contributed by atoms with Crippen LogP contribution in [0.5, 0.6) is 0 Å². The smallest absolute Gasteiger partial charge is 0.228 e. The molecule has 0 aliphatic heterocycles. The minimum atomic E-state index is 0.540. The molecule has 0 fully saturated rings. The standard InChI is InChI=1S/C44H38N6/c1-3-11-35(36(12-4-2)20-26-48-43-17-9-7-13-39(43)31-45)19-25-47-33-41-15-5-6-16-42(41)34-49-27-21-37(22-28-49)38-23-29-50(30-24-38)44-18-10-8-14-40(44)32-46/h3-30H,33-34H2,1-2H3/q+2/b11-3-,12-4-,35-19+,36-20-,47-25+,48-26+. The van der Waals surface area contributed by atoms with E-state index in [2.05, 4.69) is 82.6 Å². The van der Waals surface area contributed by atoms with E-state index < -0.39 is 0 Å². The summed E-state index contributed by atoms with van der Waals surface area (Å²) in [5, 5.41) is 18.8. The lowest BCUT2D eigenvalue weighted by molar-refractivity contribution is -0.688. The van der Waals surface area contributed by atoms with E-state index in [1.165, 1.54) is 11.1 Å². The summed E-state index contributed by atoms with van der Waals surface area (Å²) < 4.78 is 4.14. The van der Waals surface area contributed by atoms with Gasteiger partial charge < -0.3 is 0 Å². The van der Waals surface area contributed by atoms with Gasteiger partial charge in [-0.3, -0.25) is 9.98 Å². The highest BCUT2D eigenvalue weighted by Crippen LogP contribution is 2.19. The number of nitriles is 2. The lowest BCUT2D eigenvalue weighted by Gasteiger charge is -2.06. The highest BCUT2D eigenvalue weighted by atomic mass is 14.9. The minimum Gasteiger partial charge on any atom is -0.288 e. The molecule has 5 rings (SSSR count). The molecule has 2 heterocycles. The van der Waals surface area contributed by atoms with Crippen molar-refractivity contribution < 1.29 is 9.13 Å². The van der Waals surface area contributed by atoms with Crippen LogP contribution in [0.4, 0.5) is 5.69 Å². The third-order valence-corrected chi connectivity index (χ3v) is 7.97. The van der Waals surface area contributed by atoms with E-state index in [0.29, 0.717) is 23.4 Å². The van der Waals surface area contributed by atoms with E-state index in [9.17, 15) is 10.5 Å². The third kappa shape index (κ3) is 9.19. The molecule has 6 nitrogen and oxygen atoms in total. The maximum atomic E-state index is 9.46. The number of hydrogen-bond acceptors (Lipinski definition) is 4. The number of nitrogens with zero attached hydrogens (tertiary/aromatic N) is 6. The summed E-state index contributed by atoms with van der Waals surface area (Å²) in [6, 6.07) is 36.1. The Morgan fingerprint density at radius 2 is 1.20 bits per heavy atom. The first-order chi connectivity index (χ1) is 24.6. The van der Waals surface area contributed by atoms with Crippen LogP contribution in [0.2, 0.25) is 0 Å². The van der Waals surface area contributed by atoms with Crippen LogP contribution in [0.1, 0.15) is 36.1 Å². The molecule has 0 amide bonds. The lowest BCUT2D eigenvalue weighted by atomic mass is 10.0. The predicted octanol–water partition coefficient (Wildman–Crippen LogP) is 8.69. The Morgan fingerprint density at radius 1 is 0.640 bits per heavy atom. The fourth-order valence-corrected chi connectivity index (χ4v) is 5.41. The number of pyridine rings is 2. The molecular weight excluding hydrogens is 613 g/mol. The van der Waals surface area contributed by atoms with E-state index in [1.54, 1.807) is 12.3 Å². The summed E-state index contributed by atoms with van der Waals surface area (Å²) in [6.45, 7) is 5.26. The zero-order chi connectivity index (χ0) is 35.0. The van der Waals surface area contributed by atoms with Crippen molar-refractivity contribution in [3.8, 4) is 29.0 Å². The molecule has 2 aromatic heterocycles. The van der Waals surface area contributed by atoms with Gasteiger partial charge in [0.05, 0.1) is 17.8 Å². The van der Waals surface area contributed by atoms with Crippen molar-refractivity contribution in [3.05, 3.63) is 192 Å². The second-order valence-electron chi connectivity index (χ2n) is 11.3. The maximum absolute atomic E-state index is 9.46. The SMILES string of the molecule is C\C=C/C(=C/C=N/c1ccccc1C#N)C(/C=C\C)=C/C=N/Cc1ccccc1C[n+]1ccc(-c2cc[n+](-c3ccccc3C#N)cc2)cc1. The Kier molecular flexibility index (Phi) is 12.4. The zero-order valence-corrected chi connectivity index (χ0v) is 28.3. The Bertz CT molecular complexity index is 2190. The van der Waals surface area contributed by atoms with Crippen LogP contribution in [-0.2, 0) is 13.1 Å². The van der Waals surface area contributed by atoms with Crippen molar-refractivity contribution in [1.29, 1.82) is 10.5 Å². The molecule has 0 spiro atoms. The fraction of sp³-hybridized carbons (Fsp3) is 0.0909. The summed E-state index contributed by atoms with van der Waals surface area (Å²) in [5.74, 6) is 0. The van der Waals surface area contributed by atoms with Gasteiger partial charge in [-0.1, -0.05) is 72.8 Å². The molecular formula is C44H38N6+2. The molecule has 6 heteroatoms. The Hall–Kier alpha value is -6.76. The number of allylic oxidation sites excluding steroid dienone is 8. The van der Waals surface area contributed by atoms with E-state index in [0.717, 1.165) is 34.5 Å². The monoisotopic (exact) mass is 650 g/mol. The van der Waals surface area contributed by atoms with E-state index in [-0.39, 0.29) is 0 Å². The van der Waals surface area contributed by atoms with Crippen LogP contribution in [0.15, 0.2) is 179 Å². The van der Waals surface area contributed by atoms with Gasteiger partial charge >= 0.3 is 0 Å².